The van der Waals surface area contributed by atoms with Gasteiger partial charge in [-0.15, -0.1) is 0 Å². The minimum atomic E-state index is -0.285. The molecule has 2 aromatic carbocycles. The van der Waals surface area contributed by atoms with E-state index in [0.717, 1.165) is 17.0 Å². The van der Waals surface area contributed by atoms with Crippen molar-refractivity contribution in [2.75, 3.05) is 18.5 Å². The molecule has 3 rings (SSSR count). The lowest BCUT2D eigenvalue weighted by atomic mass is 10.0. The number of anilines is 1. The van der Waals surface area contributed by atoms with Crippen molar-refractivity contribution in [2.45, 2.75) is 27.2 Å². The molecule has 2 aromatic rings. The fourth-order valence-electron chi connectivity index (χ4n) is 3.14. The zero-order valence-corrected chi connectivity index (χ0v) is 15.9. The standard InChI is InChI=1S/C22H24N2O3/c1-4-13-24-21(25)19(16-9-11-18(12-10-16)27-5-2)20(22(24)26)23-17-8-6-7-15(3)14-17/h6-12,14,23H,4-5,13H2,1-3H3. The summed E-state index contributed by atoms with van der Waals surface area (Å²) in [6.45, 7) is 6.82. The minimum Gasteiger partial charge on any atom is -0.494 e. The van der Waals surface area contributed by atoms with Crippen LogP contribution in [0.4, 0.5) is 5.69 Å². The summed E-state index contributed by atoms with van der Waals surface area (Å²) < 4.78 is 5.47. The van der Waals surface area contributed by atoms with Crippen LogP contribution in [0.1, 0.15) is 31.4 Å². The molecule has 0 bridgehead atoms. The molecule has 0 saturated carbocycles. The summed E-state index contributed by atoms with van der Waals surface area (Å²) in [6, 6.07) is 15.0. The third kappa shape index (κ3) is 3.87. The van der Waals surface area contributed by atoms with E-state index in [2.05, 4.69) is 5.32 Å². The Labute approximate surface area is 159 Å². The van der Waals surface area contributed by atoms with Crippen LogP contribution in [0.2, 0.25) is 0 Å². The number of rotatable bonds is 7. The maximum Gasteiger partial charge on any atom is 0.278 e. The van der Waals surface area contributed by atoms with Crippen molar-refractivity contribution in [3.8, 4) is 5.75 Å². The van der Waals surface area contributed by atoms with Crippen molar-refractivity contribution in [3.05, 3.63) is 65.4 Å². The fraction of sp³-hybridized carbons (Fsp3) is 0.273. The third-order valence-corrected chi connectivity index (χ3v) is 4.36. The van der Waals surface area contributed by atoms with Gasteiger partial charge in [-0.3, -0.25) is 14.5 Å². The summed E-state index contributed by atoms with van der Waals surface area (Å²) in [5.74, 6) is 0.186. The van der Waals surface area contributed by atoms with Gasteiger partial charge in [0.2, 0.25) is 0 Å². The molecule has 2 amide bonds. The first-order valence-electron chi connectivity index (χ1n) is 9.22. The largest absolute Gasteiger partial charge is 0.494 e. The van der Waals surface area contributed by atoms with Crippen molar-refractivity contribution in [1.82, 2.24) is 4.90 Å². The van der Waals surface area contributed by atoms with Crippen LogP contribution in [-0.2, 0) is 9.59 Å². The molecule has 1 heterocycles. The highest BCUT2D eigenvalue weighted by atomic mass is 16.5. The Morgan fingerprint density at radius 1 is 1.00 bits per heavy atom. The molecule has 5 heteroatoms. The van der Waals surface area contributed by atoms with Gasteiger partial charge in [-0.25, -0.2) is 0 Å². The topological polar surface area (TPSA) is 58.6 Å². The first-order valence-corrected chi connectivity index (χ1v) is 9.22. The van der Waals surface area contributed by atoms with Crippen LogP contribution in [0.3, 0.4) is 0 Å². The highest BCUT2D eigenvalue weighted by Gasteiger charge is 2.38. The van der Waals surface area contributed by atoms with Crippen molar-refractivity contribution in [1.29, 1.82) is 0 Å². The number of imide groups is 1. The first kappa shape index (κ1) is 18.7. The highest BCUT2D eigenvalue weighted by molar-refractivity contribution is 6.36. The van der Waals surface area contributed by atoms with Crippen LogP contribution in [-0.4, -0.2) is 29.9 Å². The number of hydrogen-bond donors (Lipinski definition) is 1. The monoisotopic (exact) mass is 364 g/mol. The molecular formula is C22H24N2O3. The number of nitrogens with one attached hydrogen (secondary N) is 1. The average molecular weight is 364 g/mol. The molecule has 5 nitrogen and oxygen atoms in total. The number of nitrogens with zero attached hydrogens (tertiary/aromatic N) is 1. The van der Waals surface area contributed by atoms with Crippen LogP contribution in [0.5, 0.6) is 5.75 Å². The van der Waals surface area contributed by atoms with E-state index in [1.165, 1.54) is 4.90 Å². The molecule has 0 radical (unpaired) electrons. The van der Waals surface area contributed by atoms with Crippen molar-refractivity contribution in [3.63, 3.8) is 0 Å². The molecule has 0 fully saturated rings. The summed E-state index contributed by atoms with van der Waals surface area (Å²) in [6.07, 6.45) is 0.714. The van der Waals surface area contributed by atoms with Crippen LogP contribution in [0.15, 0.2) is 54.2 Å². The maximum atomic E-state index is 13.0. The summed E-state index contributed by atoms with van der Waals surface area (Å²) >= 11 is 0. The Morgan fingerprint density at radius 3 is 2.37 bits per heavy atom. The van der Waals surface area contributed by atoms with Gasteiger partial charge in [0, 0.05) is 12.2 Å². The number of ether oxygens (including phenoxy) is 1. The second-order valence-corrected chi connectivity index (χ2v) is 6.46. The van der Waals surface area contributed by atoms with Gasteiger partial charge in [-0.05, 0) is 55.7 Å². The second-order valence-electron chi connectivity index (χ2n) is 6.46. The number of aryl methyl sites for hydroxylation is 1. The van der Waals surface area contributed by atoms with E-state index in [0.29, 0.717) is 36.4 Å². The summed E-state index contributed by atoms with van der Waals surface area (Å²) in [5.41, 5.74) is 3.28. The third-order valence-electron chi connectivity index (χ3n) is 4.36. The van der Waals surface area contributed by atoms with Gasteiger partial charge in [-0.1, -0.05) is 31.2 Å². The van der Waals surface area contributed by atoms with Gasteiger partial charge >= 0.3 is 0 Å². The Hall–Kier alpha value is -3.08. The van der Waals surface area contributed by atoms with E-state index in [-0.39, 0.29) is 11.8 Å². The zero-order valence-electron chi connectivity index (χ0n) is 15.9. The van der Waals surface area contributed by atoms with Gasteiger partial charge in [-0.2, -0.15) is 0 Å². The van der Waals surface area contributed by atoms with Crippen LogP contribution >= 0.6 is 0 Å². The number of hydrogen-bond acceptors (Lipinski definition) is 4. The molecule has 1 aliphatic heterocycles. The first-order chi connectivity index (χ1) is 13.0. The van der Waals surface area contributed by atoms with Gasteiger partial charge in [0.15, 0.2) is 0 Å². The van der Waals surface area contributed by atoms with Gasteiger partial charge < -0.3 is 10.1 Å². The smallest absolute Gasteiger partial charge is 0.278 e. The van der Waals surface area contributed by atoms with E-state index < -0.39 is 0 Å². The Kier molecular flexibility index (Phi) is 5.60. The van der Waals surface area contributed by atoms with E-state index in [9.17, 15) is 9.59 Å². The molecule has 1 N–H and O–H groups in total. The SMILES string of the molecule is CCCN1C(=O)C(Nc2cccc(C)c2)=C(c2ccc(OCC)cc2)C1=O. The second kappa shape index (κ2) is 8.08. The van der Waals surface area contributed by atoms with E-state index in [1.807, 2.05) is 69.3 Å². The van der Waals surface area contributed by atoms with Crippen LogP contribution in [0, 0.1) is 6.92 Å². The molecule has 0 atom stereocenters. The van der Waals surface area contributed by atoms with Gasteiger partial charge in [0.05, 0.1) is 12.2 Å². The van der Waals surface area contributed by atoms with Crippen molar-refractivity contribution in [2.24, 2.45) is 0 Å². The predicted octanol–water partition coefficient (Wildman–Crippen LogP) is 4.00. The van der Waals surface area contributed by atoms with Crippen molar-refractivity contribution >= 4 is 23.1 Å². The van der Waals surface area contributed by atoms with E-state index >= 15 is 0 Å². The normalized spacial score (nSPS) is 14.1. The fourth-order valence-corrected chi connectivity index (χ4v) is 3.14. The molecule has 0 spiro atoms. The molecule has 0 aliphatic carbocycles. The molecule has 0 unspecified atom stereocenters. The lowest BCUT2D eigenvalue weighted by Crippen LogP contribution is -2.33. The Balaban J connectivity index is 2.03. The summed E-state index contributed by atoms with van der Waals surface area (Å²) in [5, 5.41) is 3.17. The maximum absolute atomic E-state index is 13.0. The van der Waals surface area contributed by atoms with E-state index in [4.69, 9.17) is 4.74 Å². The highest BCUT2D eigenvalue weighted by Crippen LogP contribution is 2.31. The van der Waals surface area contributed by atoms with E-state index in [1.54, 1.807) is 0 Å². The van der Waals surface area contributed by atoms with Crippen LogP contribution < -0.4 is 10.1 Å². The molecule has 0 aromatic heterocycles. The number of carbonyl (C=O) groups is 2. The summed E-state index contributed by atoms with van der Waals surface area (Å²) in [7, 11) is 0. The molecule has 27 heavy (non-hydrogen) atoms. The number of benzene rings is 2. The molecule has 1 aliphatic rings. The van der Waals surface area contributed by atoms with Gasteiger partial charge in [0.25, 0.3) is 11.8 Å². The number of carbonyl (C=O) groups excluding carboxylic acids is 2. The minimum absolute atomic E-state index is 0.263. The van der Waals surface area contributed by atoms with Crippen LogP contribution in [0.25, 0.3) is 5.57 Å². The Bertz CT molecular complexity index is 885. The molecule has 140 valence electrons. The lowest BCUT2D eigenvalue weighted by Gasteiger charge is -2.13. The quantitative estimate of drug-likeness (QED) is 0.755. The van der Waals surface area contributed by atoms with Crippen molar-refractivity contribution < 1.29 is 14.3 Å². The van der Waals surface area contributed by atoms with Gasteiger partial charge in [0.1, 0.15) is 11.4 Å². The summed E-state index contributed by atoms with van der Waals surface area (Å²) in [4.78, 5) is 27.2. The molecule has 0 saturated heterocycles. The Morgan fingerprint density at radius 2 is 1.74 bits per heavy atom. The number of amides is 2. The molecular weight excluding hydrogens is 340 g/mol. The average Bonchev–Trinajstić information content (AvgIpc) is 2.88. The lowest BCUT2D eigenvalue weighted by molar-refractivity contribution is -0.136. The predicted molar refractivity (Wildman–Crippen MR) is 106 cm³/mol. The zero-order chi connectivity index (χ0) is 19.4.